The molecule has 1 aromatic heterocycles. The Kier molecular flexibility index (Phi) is 4.93. The largest absolute Gasteiger partial charge is 0.325 e. The van der Waals surface area contributed by atoms with Crippen LogP contribution >= 0.6 is 0 Å². The molecule has 1 atom stereocenters. The predicted octanol–water partition coefficient (Wildman–Crippen LogP) is 2.30. The third-order valence-electron chi connectivity index (χ3n) is 3.03. The van der Waals surface area contributed by atoms with Gasteiger partial charge in [0.15, 0.2) is 0 Å². The van der Waals surface area contributed by atoms with Crippen molar-refractivity contribution in [1.82, 2.24) is 15.0 Å². The second-order valence-corrected chi connectivity index (χ2v) is 4.82. The lowest BCUT2D eigenvalue weighted by molar-refractivity contribution is 0.439. The second-order valence-electron chi connectivity index (χ2n) is 4.82. The molecule has 0 aliphatic heterocycles. The lowest BCUT2D eigenvalue weighted by atomic mass is 10.0. The van der Waals surface area contributed by atoms with Crippen molar-refractivity contribution in [3.8, 4) is 0 Å². The standard InChI is InChI=1S/C12H24N4/c1-5-10(4)16-12(7-6-9(2)3)11(8-13)14-15-16/h9-10H,5-8,13H2,1-4H3. The molecule has 0 amide bonds. The SMILES string of the molecule is CCC(C)n1nnc(CN)c1CCC(C)C. The Hall–Kier alpha value is -0.900. The molecule has 92 valence electrons. The molecule has 0 aliphatic carbocycles. The summed E-state index contributed by atoms with van der Waals surface area (Å²) in [4.78, 5) is 0. The molecule has 1 unspecified atom stereocenters. The Bertz CT molecular complexity index is 317. The molecule has 1 aromatic rings. The third kappa shape index (κ3) is 3.04. The van der Waals surface area contributed by atoms with Gasteiger partial charge in [0.05, 0.1) is 17.4 Å². The van der Waals surface area contributed by atoms with Crippen LogP contribution in [0.1, 0.15) is 58.0 Å². The number of nitrogens with zero attached hydrogens (tertiary/aromatic N) is 3. The Labute approximate surface area is 98.2 Å². The minimum atomic E-state index is 0.412. The second kappa shape index (κ2) is 5.99. The average Bonchev–Trinajstić information content (AvgIpc) is 2.67. The molecular formula is C12H24N4. The van der Waals surface area contributed by atoms with Gasteiger partial charge in [0.1, 0.15) is 0 Å². The third-order valence-corrected chi connectivity index (χ3v) is 3.03. The molecule has 4 heteroatoms. The van der Waals surface area contributed by atoms with E-state index >= 15 is 0 Å². The zero-order valence-electron chi connectivity index (χ0n) is 10.9. The molecule has 0 saturated heterocycles. The first-order valence-electron chi connectivity index (χ1n) is 6.23. The summed E-state index contributed by atoms with van der Waals surface area (Å²) in [6.07, 6.45) is 3.26. The normalized spacial score (nSPS) is 13.4. The van der Waals surface area contributed by atoms with Crippen LogP contribution in [-0.4, -0.2) is 15.0 Å². The van der Waals surface area contributed by atoms with Crippen LogP contribution in [0.25, 0.3) is 0 Å². The van der Waals surface area contributed by atoms with Crippen molar-refractivity contribution in [2.75, 3.05) is 0 Å². The first-order chi connectivity index (χ1) is 7.60. The first-order valence-corrected chi connectivity index (χ1v) is 6.23. The number of rotatable bonds is 6. The van der Waals surface area contributed by atoms with Crippen LogP contribution in [0.3, 0.4) is 0 Å². The van der Waals surface area contributed by atoms with Crippen LogP contribution in [0.2, 0.25) is 0 Å². The van der Waals surface area contributed by atoms with E-state index < -0.39 is 0 Å². The molecule has 0 fully saturated rings. The Morgan fingerprint density at radius 2 is 2.00 bits per heavy atom. The van der Waals surface area contributed by atoms with Gasteiger partial charge in [-0.1, -0.05) is 26.0 Å². The van der Waals surface area contributed by atoms with Gasteiger partial charge in [-0.05, 0) is 32.1 Å². The van der Waals surface area contributed by atoms with Gasteiger partial charge in [0, 0.05) is 6.54 Å². The lowest BCUT2D eigenvalue weighted by Crippen LogP contribution is -2.12. The maximum absolute atomic E-state index is 5.70. The molecule has 0 bridgehead atoms. The molecule has 0 aromatic carbocycles. The summed E-state index contributed by atoms with van der Waals surface area (Å²) in [6, 6.07) is 0.412. The van der Waals surface area contributed by atoms with Gasteiger partial charge in [0.2, 0.25) is 0 Å². The first kappa shape index (κ1) is 13.2. The van der Waals surface area contributed by atoms with Crippen LogP contribution in [0, 0.1) is 5.92 Å². The summed E-state index contributed by atoms with van der Waals surface area (Å²) in [5.41, 5.74) is 7.88. The van der Waals surface area contributed by atoms with Crippen LogP contribution < -0.4 is 5.73 Å². The van der Waals surface area contributed by atoms with Crippen molar-refractivity contribution in [3.05, 3.63) is 11.4 Å². The molecule has 16 heavy (non-hydrogen) atoms. The van der Waals surface area contributed by atoms with E-state index in [0.29, 0.717) is 18.5 Å². The van der Waals surface area contributed by atoms with E-state index in [2.05, 4.69) is 38.0 Å². The highest BCUT2D eigenvalue weighted by atomic mass is 15.4. The Morgan fingerprint density at radius 3 is 2.50 bits per heavy atom. The highest BCUT2D eigenvalue weighted by molar-refractivity contribution is 5.11. The van der Waals surface area contributed by atoms with E-state index in [4.69, 9.17) is 5.73 Å². The van der Waals surface area contributed by atoms with E-state index in [1.807, 2.05) is 4.68 Å². The maximum atomic E-state index is 5.70. The summed E-state index contributed by atoms with van der Waals surface area (Å²) in [5.74, 6) is 0.700. The number of hydrogen-bond donors (Lipinski definition) is 1. The Balaban J connectivity index is 2.87. The zero-order chi connectivity index (χ0) is 12.1. The summed E-state index contributed by atoms with van der Waals surface area (Å²) in [6.45, 7) is 9.30. The molecule has 0 aliphatic rings. The van der Waals surface area contributed by atoms with Gasteiger partial charge >= 0.3 is 0 Å². The summed E-state index contributed by atoms with van der Waals surface area (Å²) >= 11 is 0. The lowest BCUT2D eigenvalue weighted by Gasteiger charge is -2.14. The van der Waals surface area contributed by atoms with Crippen LogP contribution in [0.15, 0.2) is 0 Å². The molecule has 2 N–H and O–H groups in total. The van der Waals surface area contributed by atoms with E-state index in [0.717, 1.165) is 25.0 Å². The predicted molar refractivity (Wildman–Crippen MR) is 66.1 cm³/mol. The number of aromatic nitrogens is 3. The fourth-order valence-electron chi connectivity index (χ4n) is 1.72. The van der Waals surface area contributed by atoms with Crippen molar-refractivity contribution in [2.45, 2.75) is 59.5 Å². The zero-order valence-corrected chi connectivity index (χ0v) is 10.9. The minimum absolute atomic E-state index is 0.412. The molecule has 1 heterocycles. The van der Waals surface area contributed by atoms with Crippen LogP contribution in [0.5, 0.6) is 0 Å². The Morgan fingerprint density at radius 1 is 1.31 bits per heavy atom. The van der Waals surface area contributed by atoms with E-state index in [-0.39, 0.29) is 0 Å². The summed E-state index contributed by atoms with van der Waals surface area (Å²) in [7, 11) is 0. The maximum Gasteiger partial charge on any atom is 0.0994 e. The van der Waals surface area contributed by atoms with Crippen LogP contribution in [0.4, 0.5) is 0 Å². The number of hydrogen-bond acceptors (Lipinski definition) is 3. The summed E-state index contributed by atoms with van der Waals surface area (Å²) in [5, 5.41) is 8.39. The monoisotopic (exact) mass is 224 g/mol. The van der Waals surface area contributed by atoms with Crippen molar-refractivity contribution in [3.63, 3.8) is 0 Å². The fraction of sp³-hybridized carbons (Fsp3) is 0.833. The molecule has 0 spiro atoms. The van der Waals surface area contributed by atoms with Gasteiger partial charge in [-0.2, -0.15) is 0 Å². The number of nitrogens with two attached hydrogens (primary N) is 1. The van der Waals surface area contributed by atoms with Gasteiger partial charge in [-0.15, -0.1) is 5.10 Å². The highest BCUT2D eigenvalue weighted by Gasteiger charge is 2.15. The molecule has 0 saturated carbocycles. The van der Waals surface area contributed by atoms with Crippen molar-refractivity contribution in [2.24, 2.45) is 11.7 Å². The van der Waals surface area contributed by atoms with E-state index in [9.17, 15) is 0 Å². The fourth-order valence-corrected chi connectivity index (χ4v) is 1.72. The van der Waals surface area contributed by atoms with Gasteiger partial charge in [-0.3, -0.25) is 0 Å². The smallest absolute Gasteiger partial charge is 0.0994 e. The average molecular weight is 224 g/mol. The molecule has 1 rings (SSSR count). The molecule has 0 radical (unpaired) electrons. The topological polar surface area (TPSA) is 56.7 Å². The van der Waals surface area contributed by atoms with Crippen LogP contribution in [-0.2, 0) is 13.0 Å². The van der Waals surface area contributed by atoms with Crippen molar-refractivity contribution >= 4 is 0 Å². The molecular weight excluding hydrogens is 200 g/mol. The molecule has 4 nitrogen and oxygen atoms in total. The summed E-state index contributed by atoms with van der Waals surface area (Å²) < 4.78 is 2.05. The van der Waals surface area contributed by atoms with Gasteiger partial charge < -0.3 is 5.73 Å². The van der Waals surface area contributed by atoms with E-state index in [1.54, 1.807) is 0 Å². The van der Waals surface area contributed by atoms with Crippen molar-refractivity contribution < 1.29 is 0 Å². The van der Waals surface area contributed by atoms with Crippen molar-refractivity contribution in [1.29, 1.82) is 0 Å². The highest BCUT2D eigenvalue weighted by Crippen LogP contribution is 2.17. The van der Waals surface area contributed by atoms with Gasteiger partial charge in [0.25, 0.3) is 0 Å². The van der Waals surface area contributed by atoms with E-state index in [1.165, 1.54) is 5.69 Å². The minimum Gasteiger partial charge on any atom is -0.325 e. The quantitative estimate of drug-likeness (QED) is 0.806. The van der Waals surface area contributed by atoms with Gasteiger partial charge in [-0.25, -0.2) is 4.68 Å².